The van der Waals surface area contributed by atoms with Crippen LogP contribution in [0.3, 0.4) is 0 Å². The van der Waals surface area contributed by atoms with E-state index in [-0.39, 0.29) is 0 Å². The summed E-state index contributed by atoms with van der Waals surface area (Å²) in [6, 6.07) is 7.43. The van der Waals surface area contributed by atoms with Crippen LogP contribution in [-0.4, -0.2) is 38.2 Å². The van der Waals surface area contributed by atoms with Crippen molar-refractivity contribution in [2.24, 2.45) is 0 Å². The Balaban J connectivity index is 1.97. The summed E-state index contributed by atoms with van der Waals surface area (Å²) in [5.74, 6) is 0.986. The number of methoxy groups -OCH3 is 1. The lowest BCUT2D eigenvalue weighted by atomic mass is 10.0. The summed E-state index contributed by atoms with van der Waals surface area (Å²) in [6.45, 7) is 6.59. The van der Waals surface area contributed by atoms with E-state index in [1.165, 1.54) is 30.5 Å². The standard InChI is InChI=1S/C16H26N2O/c1-12-7-8-15(16(10-12)19-4)13(2)17-11-14-6-5-9-18(14)3/h7-8,10,13-14,17H,5-6,9,11H2,1-4H3. The quantitative estimate of drug-likeness (QED) is 0.883. The maximum absolute atomic E-state index is 5.49. The maximum Gasteiger partial charge on any atom is 0.123 e. The number of likely N-dealkylation sites (tertiary alicyclic amines) is 1. The highest BCUT2D eigenvalue weighted by molar-refractivity contribution is 5.39. The van der Waals surface area contributed by atoms with Gasteiger partial charge in [-0.3, -0.25) is 0 Å². The molecule has 1 fully saturated rings. The van der Waals surface area contributed by atoms with Crippen LogP contribution < -0.4 is 10.1 Å². The van der Waals surface area contributed by atoms with Gasteiger partial charge in [0, 0.05) is 24.2 Å². The topological polar surface area (TPSA) is 24.5 Å². The summed E-state index contributed by atoms with van der Waals surface area (Å²) in [7, 11) is 3.96. The Hall–Kier alpha value is -1.06. The average molecular weight is 262 g/mol. The molecule has 19 heavy (non-hydrogen) atoms. The van der Waals surface area contributed by atoms with E-state index in [9.17, 15) is 0 Å². The van der Waals surface area contributed by atoms with Crippen LogP contribution in [-0.2, 0) is 0 Å². The van der Waals surface area contributed by atoms with Crippen molar-refractivity contribution in [2.75, 3.05) is 27.2 Å². The van der Waals surface area contributed by atoms with Crippen molar-refractivity contribution < 1.29 is 4.74 Å². The number of likely N-dealkylation sites (N-methyl/N-ethyl adjacent to an activating group) is 1. The average Bonchev–Trinajstić information content (AvgIpc) is 2.81. The number of rotatable bonds is 5. The second kappa shape index (κ2) is 6.40. The van der Waals surface area contributed by atoms with E-state index < -0.39 is 0 Å². The fraction of sp³-hybridized carbons (Fsp3) is 0.625. The van der Waals surface area contributed by atoms with E-state index in [2.05, 4.69) is 49.3 Å². The smallest absolute Gasteiger partial charge is 0.123 e. The number of hydrogen-bond donors (Lipinski definition) is 1. The van der Waals surface area contributed by atoms with Crippen molar-refractivity contribution in [3.05, 3.63) is 29.3 Å². The van der Waals surface area contributed by atoms with Crippen molar-refractivity contribution >= 4 is 0 Å². The molecule has 1 aliphatic rings. The predicted molar refractivity (Wildman–Crippen MR) is 79.8 cm³/mol. The van der Waals surface area contributed by atoms with Crippen molar-refractivity contribution in [3.63, 3.8) is 0 Å². The van der Waals surface area contributed by atoms with Gasteiger partial charge < -0.3 is 15.0 Å². The fourth-order valence-corrected chi connectivity index (χ4v) is 2.84. The SMILES string of the molecule is COc1cc(C)ccc1C(C)NCC1CCCN1C. The third-order valence-electron chi connectivity index (χ3n) is 4.19. The summed E-state index contributed by atoms with van der Waals surface area (Å²) in [4.78, 5) is 2.45. The second-order valence-corrected chi connectivity index (χ2v) is 5.65. The van der Waals surface area contributed by atoms with Gasteiger partial charge in [-0.1, -0.05) is 12.1 Å². The van der Waals surface area contributed by atoms with E-state index in [4.69, 9.17) is 4.74 Å². The van der Waals surface area contributed by atoms with Crippen LogP contribution in [0.4, 0.5) is 0 Å². The first-order valence-electron chi connectivity index (χ1n) is 7.20. The van der Waals surface area contributed by atoms with Crippen molar-refractivity contribution in [3.8, 4) is 5.75 Å². The Bertz CT molecular complexity index is 419. The Kier molecular flexibility index (Phi) is 4.83. The number of benzene rings is 1. The molecular formula is C16H26N2O. The molecule has 2 atom stereocenters. The van der Waals surface area contributed by atoms with Gasteiger partial charge in [0.15, 0.2) is 0 Å². The monoisotopic (exact) mass is 262 g/mol. The molecule has 0 aliphatic carbocycles. The van der Waals surface area contributed by atoms with E-state index in [0.29, 0.717) is 12.1 Å². The Morgan fingerprint density at radius 2 is 2.26 bits per heavy atom. The van der Waals surface area contributed by atoms with Gasteiger partial charge >= 0.3 is 0 Å². The fourth-order valence-electron chi connectivity index (χ4n) is 2.84. The van der Waals surface area contributed by atoms with Crippen LogP contribution in [0.1, 0.15) is 36.9 Å². The number of nitrogens with zero attached hydrogens (tertiary/aromatic N) is 1. The minimum atomic E-state index is 0.324. The van der Waals surface area contributed by atoms with Crippen molar-refractivity contribution in [1.29, 1.82) is 0 Å². The van der Waals surface area contributed by atoms with Gasteiger partial charge in [0.05, 0.1) is 7.11 Å². The lowest BCUT2D eigenvalue weighted by molar-refractivity contribution is 0.292. The first-order valence-corrected chi connectivity index (χ1v) is 7.20. The number of hydrogen-bond acceptors (Lipinski definition) is 3. The maximum atomic E-state index is 5.49. The molecular weight excluding hydrogens is 236 g/mol. The molecule has 0 bridgehead atoms. The molecule has 106 valence electrons. The highest BCUT2D eigenvalue weighted by Crippen LogP contribution is 2.26. The molecule has 1 aliphatic heterocycles. The van der Waals surface area contributed by atoms with E-state index in [1.54, 1.807) is 7.11 Å². The molecule has 1 N–H and O–H groups in total. The van der Waals surface area contributed by atoms with E-state index in [1.807, 2.05) is 0 Å². The summed E-state index contributed by atoms with van der Waals surface area (Å²) >= 11 is 0. The molecule has 3 nitrogen and oxygen atoms in total. The zero-order valence-corrected chi connectivity index (χ0v) is 12.6. The van der Waals surface area contributed by atoms with Crippen molar-refractivity contribution in [2.45, 2.75) is 38.8 Å². The van der Waals surface area contributed by atoms with Gasteiger partial charge in [0.1, 0.15) is 5.75 Å². The molecule has 2 unspecified atom stereocenters. The molecule has 1 heterocycles. The van der Waals surface area contributed by atoms with Crippen LogP contribution >= 0.6 is 0 Å². The Morgan fingerprint density at radius 1 is 1.47 bits per heavy atom. The molecule has 1 aromatic carbocycles. The number of ether oxygens (including phenoxy) is 1. The van der Waals surface area contributed by atoms with E-state index >= 15 is 0 Å². The lowest BCUT2D eigenvalue weighted by Crippen LogP contribution is -2.36. The molecule has 0 aromatic heterocycles. The molecule has 0 saturated carbocycles. The minimum Gasteiger partial charge on any atom is -0.496 e. The number of aryl methyl sites for hydroxylation is 1. The largest absolute Gasteiger partial charge is 0.496 e. The van der Waals surface area contributed by atoms with Gasteiger partial charge in [-0.25, -0.2) is 0 Å². The molecule has 0 spiro atoms. The third-order valence-corrected chi connectivity index (χ3v) is 4.19. The zero-order chi connectivity index (χ0) is 13.8. The van der Waals surface area contributed by atoms with Crippen LogP contribution in [0, 0.1) is 6.92 Å². The van der Waals surface area contributed by atoms with Crippen LogP contribution in [0.5, 0.6) is 5.75 Å². The first-order chi connectivity index (χ1) is 9.11. The molecule has 2 rings (SSSR count). The molecule has 3 heteroatoms. The van der Waals surface area contributed by atoms with Gasteiger partial charge in [-0.2, -0.15) is 0 Å². The molecule has 1 saturated heterocycles. The Morgan fingerprint density at radius 3 is 2.89 bits per heavy atom. The minimum absolute atomic E-state index is 0.324. The summed E-state index contributed by atoms with van der Waals surface area (Å²) < 4.78 is 5.49. The Labute approximate surface area is 116 Å². The van der Waals surface area contributed by atoms with Crippen LogP contribution in [0.2, 0.25) is 0 Å². The highest BCUT2D eigenvalue weighted by Gasteiger charge is 2.21. The van der Waals surface area contributed by atoms with Gasteiger partial charge in [-0.15, -0.1) is 0 Å². The first kappa shape index (κ1) is 14.4. The van der Waals surface area contributed by atoms with Gasteiger partial charge in [0.2, 0.25) is 0 Å². The van der Waals surface area contributed by atoms with Crippen LogP contribution in [0.25, 0.3) is 0 Å². The molecule has 0 amide bonds. The summed E-state index contributed by atoms with van der Waals surface area (Å²) in [5.41, 5.74) is 2.48. The zero-order valence-electron chi connectivity index (χ0n) is 12.6. The molecule has 1 aromatic rings. The van der Waals surface area contributed by atoms with Crippen molar-refractivity contribution in [1.82, 2.24) is 10.2 Å². The number of nitrogens with one attached hydrogen (secondary N) is 1. The van der Waals surface area contributed by atoms with E-state index in [0.717, 1.165) is 12.3 Å². The summed E-state index contributed by atoms with van der Waals surface area (Å²) in [6.07, 6.45) is 2.63. The normalized spacial score (nSPS) is 21.6. The summed E-state index contributed by atoms with van der Waals surface area (Å²) in [5, 5.41) is 3.64. The lowest BCUT2D eigenvalue weighted by Gasteiger charge is -2.23. The second-order valence-electron chi connectivity index (χ2n) is 5.65. The van der Waals surface area contributed by atoms with Gasteiger partial charge in [0.25, 0.3) is 0 Å². The predicted octanol–water partition coefficient (Wildman–Crippen LogP) is 2.75. The molecule has 0 radical (unpaired) electrons. The van der Waals surface area contributed by atoms with Gasteiger partial charge in [-0.05, 0) is 51.9 Å². The highest BCUT2D eigenvalue weighted by atomic mass is 16.5. The third kappa shape index (κ3) is 3.48. The van der Waals surface area contributed by atoms with Crippen LogP contribution in [0.15, 0.2) is 18.2 Å².